The summed E-state index contributed by atoms with van der Waals surface area (Å²) < 4.78 is 0. The van der Waals surface area contributed by atoms with Crippen LogP contribution < -0.4 is 0 Å². The molecule has 3 rings (SSSR count). The zero-order valence-corrected chi connectivity index (χ0v) is 10.5. The zero-order chi connectivity index (χ0) is 11.7. The Morgan fingerprint density at radius 3 is 2.76 bits per heavy atom. The number of aryl methyl sites for hydroxylation is 1. The maximum absolute atomic E-state index is 4.74. The maximum atomic E-state index is 4.74. The van der Waals surface area contributed by atoms with Crippen LogP contribution in [0.15, 0.2) is 47.8 Å². The highest BCUT2D eigenvalue weighted by atomic mass is 32.1. The third-order valence-corrected chi connectivity index (χ3v) is 3.85. The molecular formula is C15H13NS. The van der Waals surface area contributed by atoms with E-state index in [1.165, 1.54) is 15.8 Å². The van der Waals surface area contributed by atoms with Crippen LogP contribution in [0.5, 0.6) is 0 Å². The molecular weight excluding hydrogens is 226 g/mol. The van der Waals surface area contributed by atoms with E-state index in [1.54, 1.807) is 11.3 Å². The number of fused-ring (bicyclic) bond motifs is 1. The van der Waals surface area contributed by atoms with Crippen LogP contribution in [0.25, 0.3) is 21.5 Å². The number of para-hydroxylation sites is 1. The predicted octanol–water partition coefficient (Wildman–Crippen LogP) is 4.53. The Morgan fingerprint density at radius 1 is 1.12 bits per heavy atom. The summed E-state index contributed by atoms with van der Waals surface area (Å²) in [5.74, 6) is 0. The Hall–Kier alpha value is -1.67. The molecule has 0 N–H and O–H groups in total. The smallest absolute Gasteiger partial charge is 0.0812 e. The summed E-state index contributed by atoms with van der Waals surface area (Å²) >= 11 is 1.74. The lowest BCUT2D eigenvalue weighted by molar-refractivity contribution is 1.15. The van der Waals surface area contributed by atoms with E-state index in [4.69, 9.17) is 4.98 Å². The van der Waals surface area contributed by atoms with Crippen molar-refractivity contribution in [2.24, 2.45) is 0 Å². The molecule has 3 aromatic rings. The molecule has 0 bridgehead atoms. The number of aromatic nitrogens is 1. The number of rotatable bonds is 2. The van der Waals surface area contributed by atoms with E-state index in [9.17, 15) is 0 Å². The Bertz CT molecular complexity index is 641. The van der Waals surface area contributed by atoms with Gasteiger partial charge in [0.1, 0.15) is 0 Å². The summed E-state index contributed by atoms with van der Waals surface area (Å²) in [7, 11) is 0. The van der Waals surface area contributed by atoms with Crippen LogP contribution in [0.4, 0.5) is 0 Å². The predicted molar refractivity (Wildman–Crippen MR) is 74.4 cm³/mol. The Labute approximate surface area is 105 Å². The quantitative estimate of drug-likeness (QED) is 0.640. The molecule has 84 valence electrons. The Morgan fingerprint density at radius 2 is 2.00 bits per heavy atom. The number of benzene rings is 1. The summed E-state index contributed by atoms with van der Waals surface area (Å²) in [5, 5.41) is 3.37. The molecule has 0 saturated carbocycles. The van der Waals surface area contributed by atoms with E-state index in [2.05, 4.69) is 48.7 Å². The van der Waals surface area contributed by atoms with E-state index in [0.717, 1.165) is 17.6 Å². The van der Waals surface area contributed by atoms with Crippen LogP contribution in [0, 0.1) is 0 Å². The molecule has 2 heterocycles. The number of hydrogen-bond acceptors (Lipinski definition) is 2. The standard InChI is InChI=1S/C15H13NS/c1-2-11-10-14(15-8-5-9-17-15)16-13-7-4-3-6-12(11)13/h3-10H,2H2,1H3. The van der Waals surface area contributed by atoms with Crippen molar-refractivity contribution in [3.05, 3.63) is 53.4 Å². The molecule has 0 unspecified atom stereocenters. The first-order chi connectivity index (χ1) is 8.38. The summed E-state index contributed by atoms with van der Waals surface area (Å²) in [5.41, 5.74) is 3.56. The van der Waals surface area contributed by atoms with Gasteiger partial charge in [0.25, 0.3) is 0 Å². The van der Waals surface area contributed by atoms with Gasteiger partial charge in [0.2, 0.25) is 0 Å². The minimum absolute atomic E-state index is 1.04. The zero-order valence-electron chi connectivity index (χ0n) is 9.68. The summed E-state index contributed by atoms with van der Waals surface area (Å²) in [6.07, 6.45) is 1.04. The van der Waals surface area contributed by atoms with Gasteiger partial charge in [-0.25, -0.2) is 4.98 Å². The molecule has 2 aromatic heterocycles. The second-order valence-electron chi connectivity index (χ2n) is 4.01. The van der Waals surface area contributed by atoms with Gasteiger partial charge in [-0.3, -0.25) is 0 Å². The van der Waals surface area contributed by atoms with E-state index in [0.29, 0.717) is 0 Å². The normalized spacial score (nSPS) is 10.9. The van der Waals surface area contributed by atoms with Crippen molar-refractivity contribution in [1.82, 2.24) is 4.98 Å². The van der Waals surface area contributed by atoms with Gasteiger partial charge in [-0.15, -0.1) is 11.3 Å². The molecule has 0 fully saturated rings. The number of nitrogens with zero attached hydrogens (tertiary/aromatic N) is 1. The Kier molecular flexibility index (Phi) is 2.65. The van der Waals surface area contributed by atoms with Gasteiger partial charge in [0.15, 0.2) is 0 Å². The summed E-state index contributed by atoms with van der Waals surface area (Å²) in [6, 6.07) is 14.8. The third-order valence-electron chi connectivity index (χ3n) is 2.96. The van der Waals surface area contributed by atoms with Crippen molar-refractivity contribution in [3.63, 3.8) is 0 Å². The van der Waals surface area contributed by atoms with Crippen LogP contribution in [0.1, 0.15) is 12.5 Å². The van der Waals surface area contributed by atoms with E-state index >= 15 is 0 Å². The fourth-order valence-corrected chi connectivity index (χ4v) is 2.78. The largest absolute Gasteiger partial charge is 0.247 e. The monoisotopic (exact) mass is 239 g/mol. The minimum Gasteiger partial charge on any atom is -0.247 e. The van der Waals surface area contributed by atoms with Crippen molar-refractivity contribution in [1.29, 1.82) is 0 Å². The molecule has 0 saturated heterocycles. The van der Waals surface area contributed by atoms with E-state index in [1.807, 2.05) is 6.07 Å². The molecule has 0 spiro atoms. The highest BCUT2D eigenvalue weighted by Gasteiger charge is 2.06. The van der Waals surface area contributed by atoms with Crippen LogP contribution in [0.2, 0.25) is 0 Å². The second-order valence-corrected chi connectivity index (χ2v) is 4.96. The van der Waals surface area contributed by atoms with Crippen LogP contribution in [-0.4, -0.2) is 4.98 Å². The fourth-order valence-electron chi connectivity index (χ4n) is 2.09. The lowest BCUT2D eigenvalue weighted by Gasteiger charge is -2.06. The van der Waals surface area contributed by atoms with Crippen molar-refractivity contribution >= 4 is 22.2 Å². The van der Waals surface area contributed by atoms with Gasteiger partial charge in [-0.1, -0.05) is 31.2 Å². The molecule has 0 atom stereocenters. The first-order valence-electron chi connectivity index (χ1n) is 5.81. The number of thiophene rings is 1. The lowest BCUT2D eigenvalue weighted by Crippen LogP contribution is -1.89. The van der Waals surface area contributed by atoms with E-state index < -0.39 is 0 Å². The SMILES string of the molecule is CCc1cc(-c2cccs2)nc2ccccc12. The molecule has 0 aliphatic heterocycles. The molecule has 17 heavy (non-hydrogen) atoms. The number of hydrogen-bond donors (Lipinski definition) is 0. The second kappa shape index (κ2) is 4.30. The summed E-state index contributed by atoms with van der Waals surface area (Å²) in [6.45, 7) is 2.19. The van der Waals surface area contributed by atoms with Crippen molar-refractivity contribution in [2.45, 2.75) is 13.3 Å². The molecule has 2 heteroatoms. The van der Waals surface area contributed by atoms with Crippen molar-refractivity contribution in [3.8, 4) is 10.6 Å². The maximum Gasteiger partial charge on any atom is 0.0812 e. The lowest BCUT2D eigenvalue weighted by atomic mass is 10.1. The molecule has 0 amide bonds. The minimum atomic E-state index is 1.04. The Balaban J connectivity index is 2.28. The van der Waals surface area contributed by atoms with Gasteiger partial charge in [-0.05, 0) is 35.6 Å². The van der Waals surface area contributed by atoms with Gasteiger partial charge in [-0.2, -0.15) is 0 Å². The number of pyridine rings is 1. The molecule has 0 radical (unpaired) electrons. The highest BCUT2D eigenvalue weighted by molar-refractivity contribution is 7.13. The van der Waals surface area contributed by atoms with Gasteiger partial charge in [0, 0.05) is 5.39 Å². The molecule has 0 aliphatic rings. The van der Waals surface area contributed by atoms with Crippen molar-refractivity contribution < 1.29 is 0 Å². The highest BCUT2D eigenvalue weighted by Crippen LogP contribution is 2.27. The van der Waals surface area contributed by atoms with Gasteiger partial charge >= 0.3 is 0 Å². The molecule has 0 aliphatic carbocycles. The first-order valence-corrected chi connectivity index (χ1v) is 6.69. The first kappa shape index (κ1) is 10.5. The third kappa shape index (κ3) is 1.85. The van der Waals surface area contributed by atoms with Crippen LogP contribution in [-0.2, 0) is 6.42 Å². The molecule has 1 nitrogen and oxygen atoms in total. The average Bonchev–Trinajstić information content (AvgIpc) is 2.91. The van der Waals surface area contributed by atoms with E-state index in [-0.39, 0.29) is 0 Å². The van der Waals surface area contributed by atoms with Crippen LogP contribution in [0.3, 0.4) is 0 Å². The topological polar surface area (TPSA) is 12.9 Å². The van der Waals surface area contributed by atoms with Gasteiger partial charge < -0.3 is 0 Å². The van der Waals surface area contributed by atoms with Crippen molar-refractivity contribution in [2.75, 3.05) is 0 Å². The average molecular weight is 239 g/mol. The van der Waals surface area contributed by atoms with Gasteiger partial charge in [0.05, 0.1) is 16.1 Å². The fraction of sp³-hybridized carbons (Fsp3) is 0.133. The van der Waals surface area contributed by atoms with Crippen LogP contribution >= 0.6 is 11.3 Å². The molecule has 1 aromatic carbocycles. The summed E-state index contributed by atoms with van der Waals surface area (Å²) in [4.78, 5) is 5.98.